The van der Waals surface area contributed by atoms with E-state index in [4.69, 9.17) is 4.74 Å². The number of rotatable bonds is 4. The van der Waals surface area contributed by atoms with Crippen LogP contribution in [0.4, 0.5) is 5.82 Å². The molecule has 0 amide bonds. The summed E-state index contributed by atoms with van der Waals surface area (Å²) in [6.07, 6.45) is 9.82. The predicted molar refractivity (Wildman–Crippen MR) is 85.2 cm³/mol. The Morgan fingerprint density at radius 3 is 2.55 bits per heavy atom. The van der Waals surface area contributed by atoms with Crippen LogP contribution < -0.4 is 9.64 Å². The molecule has 0 radical (unpaired) electrons. The van der Waals surface area contributed by atoms with Crippen LogP contribution in [0.3, 0.4) is 0 Å². The van der Waals surface area contributed by atoms with Gasteiger partial charge in [0.1, 0.15) is 0 Å². The summed E-state index contributed by atoms with van der Waals surface area (Å²) in [5, 5.41) is 4.28. The third kappa shape index (κ3) is 3.21. The van der Waals surface area contributed by atoms with E-state index in [1.54, 1.807) is 12.4 Å². The minimum absolute atomic E-state index is 0.100. The normalized spacial score (nSPS) is 16.3. The first-order valence-corrected chi connectivity index (χ1v) is 7.84. The van der Waals surface area contributed by atoms with Crippen molar-refractivity contribution in [1.82, 2.24) is 19.7 Å². The molecule has 0 bridgehead atoms. The highest BCUT2D eigenvalue weighted by Crippen LogP contribution is 2.32. The van der Waals surface area contributed by atoms with E-state index in [0.717, 1.165) is 31.7 Å². The molecule has 0 atom stereocenters. The van der Waals surface area contributed by atoms with Gasteiger partial charge in [0, 0.05) is 38.7 Å². The molecular weight excluding hydrogens is 278 g/mol. The number of aryl methyl sites for hydroxylation is 1. The van der Waals surface area contributed by atoms with Crippen LogP contribution in [0.15, 0.2) is 24.8 Å². The summed E-state index contributed by atoms with van der Waals surface area (Å²) < 4.78 is 7.66. The molecule has 0 unspecified atom stereocenters. The molecule has 1 fully saturated rings. The van der Waals surface area contributed by atoms with E-state index in [9.17, 15) is 0 Å². The Kier molecular flexibility index (Phi) is 4.27. The van der Waals surface area contributed by atoms with Crippen molar-refractivity contribution in [3.63, 3.8) is 0 Å². The molecule has 22 heavy (non-hydrogen) atoms. The van der Waals surface area contributed by atoms with Crippen LogP contribution in [0.5, 0.6) is 5.88 Å². The van der Waals surface area contributed by atoms with E-state index in [-0.39, 0.29) is 6.10 Å². The van der Waals surface area contributed by atoms with Gasteiger partial charge in [0.25, 0.3) is 5.88 Å². The topological polar surface area (TPSA) is 56.1 Å². The fourth-order valence-electron chi connectivity index (χ4n) is 2.92. The quantitative estimate of drug-likeness (QED) is 0.868. The van der Waals surface area contributed by atoms with Crippen molar-refractivity contribution in [2.75, 3.05) is 18.0 Å². The summed E-state index contributed by atoms with van der Waals surface area (Å²) in [7, 11) is 1.97. The standard InChI is InChI=1S/C16H23N5O/c1-12(2)22-16-15(17-6-7-18-16)21-8-4-13(5-9-21)14-10-19-20(3)11-14/h6-7,10-13H,4-5,8-9H2,1-3H3. The minimum Gasteiger partial charge on any atom is -0.472 e. The van der Waals surface area contributed by atoms with Crippen molar-refractivity contribution in [3.8, 4) is 5.88 Å². The number of hydrogen-bond acceptors (Lipinski definition) is 5. The van der Waals surface area contributed by atoms with Gasteiger partial charge in [-0.1, -0.05) is 0 Å². The second-order valence-corrected chi connectivity index (χ2v) is 6.06. The van der Waals surface area contributed by atoms with Gasteiger partial charge < -0.3 is 9.64 Å². The first-order valence-electron chi connectivity index (χ1n) is 7.84. The van der Waals surface area contributed by atoms with Crippen LogP contribution in [0.2, 0.25) is 0 Å². The molecule has 6 nitrogen and oxygen atoms in total. The van der Waals surface area contributed by atoms with E-state index in [0.29, 0.717) is 11.8 Å². The number of hydrogen-bond donors (Lipinski definition) is 0. The van der Waals surface area contributed by atoms with Gasteiger partial charge in [0.2, 0.25) is 0 Å². The van der Waals surface area contributed by atoms with Crippen LogP contribution in [0.1, 0.15) is 38.2 Å². The van der Waals surface area contributed by atoms with Gasteiger partial charge in [0.15, 0.2) is 5.82 Å². The van der Waals surface area contributed by atoms with Gasteiger partial charge >= 0.3 is 0 Å². The Labute approximate surface area is 131 Å². The van der Waals surface area contributed by atoms with Crippen LogP contribution >= 0.6 is 0 Å². The largest absolute Gasteiger partial charge is 0.472 e. The molecule has 118 valence electrons. The Morgan fingerprint density at radius 1 is 1.18 bits per heavy atom. The summed E-state index contributed by atoms with van der Waals surface area (Å²) in [5.41, 5.74) is 1.33. The lowest BCUT2D eigenvalue weighted by Gasteiger charge is -2.33. The van der Waals surface area contributed by atoms with Crippen LogP contribution in [0.25, 0.3) is 0 Å². The molecule has 0 N–H and O–H groups in total. The van der Waals surface area contributed by atoms with E-state index in [1.807, 2.05) is 31.8 Å². The third-order valence-electron chi connectivity index (χ3n) is 3.98. The SMILES string of the molecule is CC(C)Oc1nccnc1N1CCC(c2cnn(C)c2)CC1. The highest BCUT2D eigenvalue weighted by Gasteiger charge is 2.24. The van der Waals surface area contributed by atoms with Crippen molar-refractivity contribution >= 4 is 5.82 Å². The molecule has 0 aliphatic carbocycles. The van der Waals surface area contributed by atoms with Crippen molar-refractivity contribution in [2.24, 2.45) is 7.05 Å². The maximum Gasteiger partial charge on any atom is 0.257 e. The third-order valence-corrected chi connectivity index (χ3v) is 3.98. The summed E-state index contributed by atoms with van der Waals surface area (Å²) in [6, 6.07) is 0. The summed E-state index contributed by atoms with van der Waals surface area (Å²) in [4.78, 5) is 11.1. The predicted octanol–water partition coefficient (Wildman–Crippen LogP) is 2.38. The summed E-state index contributed by atoms with van der Waals surface area (Å²) >= 11 is 0. The van der Waals surface area contributed by atoms with Gasteiger partial charge in [-0.15, -0.1) is 0 Å². The minimum atomic E-state index is 0.100. The zero-order valence-electron chi connectivity index (χ0n) is 13.4. The average molecular weight is 301 g/mol. The first-order chi connectivity index (χ1) is 10.6. The molecule has 2 aromatic heterocycles. The molecule has 0 aromatic carbocycles. The van der Waals surface area contributed by atoms with E-state index >= 15 is 0 Å². The fraction of sp³-hybridized carbons (Fsp3) is 0.562. The molecular formula is C16H23N5O. The molecule has 1 aliphatic rings. The zero-order valence-corrected chi connectivity index (χ0v) is 13.4. The Balaban J connectivity index is 1.69. The monoisotopic (exact) mass is 301 g/mol. The number of piperidine rings is 1. The van der Waals surface area contributed by atoms with Crippen molar-refractivity contribution in [1.29, 1.82) is 0 Å². The highest BCUT2D eigenvalue weighted by atomic mass is 16.5. The molecule has 3 heterocycles. The lowest BCUT2D eigenvalue weighted by molar-refractivity contribution is 0.231. The molecule has 0 saturated carbocycles. The summed E-state index contributed by atoms with van der Waals surface area (Å²) in [6.45, 7) is 5.94. The van der Waals surface area contributed by atoms with E-state index < -0.39 is 0 Å². The van der Waals surface area contributed by atoms with Gasteiger partial charge in [-0.05, 0) is 38.2 Å². The molecule has 0 spiro atoms. The maximum atomic E-state index is 5.78. The van der Waals surface area contributed by atoms with Gasteiger partial charge in [-0.2, -0.15) is 5.10 Å². The lowest BCUT2D eigenvalue weighted by atomic mass is 9.91. The van der Waals surface area contributed by atoms with Crippen LogP contribution in [0, 0.1) is 0 Å². The van der Waals surface area contributed by atoms with Gasteiger partial charge in [0.05, 0.1) is 12.3 Å². The van der Waals surface area contributed by atoms with Crippen molar-refractivity contribution in [3.05, 3.63) is 30.4 Å². The average Bonchev–Trinajstić information content (AvgIpc) is 2.94. The maximum absolute atomic E-state index is 5.78. The smallest absolute Gasteiger partial charge is 0.257 e. The summed E-state index contributed by atoms with van der Waals surface area (Å²) in [5.74, 6) is 2.08. The molecule has 3 rings (SSSR count). The number of aromatic nitrogens is 4. The fourth-order valence-corrected chi connectivity index (χ4v) is 2.92. The van der Waals surface area contributed by atoms with Crippen LogP contribution in [-0.2, 0) is 7.05 Å². The Hall–Kier alpha value is -2.11. The molecule has 1 saturated heterocycles. The van der Waals surface area contributed by atoms with Crippen molar-refractivity contribution in [2.45, 2.75) is 38.7 Å². The second-order valence-electron chi connectivity index (χ2n) is 6.06. The first kappa shape index (κ1) is 14.8. The van der Waals surface area contributed by atoms with Gasteiger partial charge in [-0.3, -0.25) is 4.68 Å². The number of nitrogens with zero attached hydrogens (tertiary/aromatic N) is 5. The second kappa shape index (κ2) is 6.34. The highest BCUT2D eigenvalue weighted by molar-refractivity contribution is 5.48. The van der Waals surface area contributed by atoms with E-state index in [2.05, 4.69) is 26.2 Å². The molecule has 2 aromatic rings. The van der Waals surface area contributed by atoms with Gasteiger partial charge in [-0.25, -0.2) is 9.97 Å². The zero-order chi connectivity index (χ0) is 15.5. The van der Waals surface area contributed by atoms with Crippen LogP contribution in [-0.4, -0.2) is 38.9 Å². The van der Waals surface area contributed by atoms with Crippen molar-refractivity contribution < 1.29 is 4.74 Å². The number of ether oxygens (including phenoxy) is 1. The Morgan fingerprint density at radius 2 is 1.91 bits per heavy atom. The molecule has 1 aliphatic heterocycles. The Bertz CT molecular complexity index is 617. The lowest BCUT2D eigenvalue weighted by Crippen LogP contribution is -2.34. The van der Waals surface area contributed by atoms with E-state index in [1.165, 1.54) is 5.56 Å². The molecule has 6 heteroatoms. The number of anilines is 1.